The van der Waals surface area contributed by atoms with Gasteiger partial charge in [0.1, 0.15) is 6.61 Å². The maximum atomic E-state index is 13.8. The van der Waals surface area contributed by atoms with Crippen LogP contribution in [0.4, 0.5) is 4.39 Å². The van der Waals surface area contributed by atoms with Crippen LogP contribution in [0.15, 0.2) is 67.7 Å². The standard InChI is InChI=1S/C19H15BrFN5O3S/c1-2-9-26-16(10-27-13-6-4-3-5-12(13)21)22-25-19(26)30-11-17-23-24-18(29-17)14-7-8-15(20)28-14/h2-8H,1,9-11H2. The van der Waals surface area contributed by atoms with E-state index in [1.54, 1.807) is 36.4 Å². The summed E-state index contributed by atoms with van der Waals surface area (Å²) in [5, 5.41) is 17.0. The highest BCUT2D eigenvalue weighted by molar-refractivity contribution is 9.10. The molecule has 0 aliphatic rings. The zero-order valence-corrected chi connectivity index (χ0v) is 17.9. The number of para-hydroxylation sites is 1. The third kappa shape index (κ3) is 4.62. The van der Waals surface area contributed by atoms with Gasteiger partial charge in [-0.3, -0.25) is 4.57 Å². The number of halogens is 2. The number of rotatable bonds is 9. The molecule has 4 aromatic rings. The van der Waals surface area contributed by atoms with Gasteiger partial charge >= 0.3 is 0 Å². The van der Waals surface area contributed by atoms with Crippen molar-refractivity contribution in [2.45, 2.75) is 24.1 Å². The summed E-state index contributed by atoms with van der Waals surface area (Å²) in [6.07, 6.45) is 1.72. The molecule has 154 valence electrons. The molecule has 3 heterocycles. The second kappa shape index (κ2) is 9.26. The highest BCUT2D eigenvalue weighted by Gasteiger charge is 2.16. The van der Waals surface area contributed by atoms with E-state index in [0.717, 1.165) is 0 Å². The molecule has 0 amide bonds. The summed E-state index contributed by atoms with van der Waals surface area (Å²) in [5.74, 6) is 1.85. The predicted molar refractivity (Wildman–Crippen MR) is 110 cm³/mol. The first kappa shape index (κ1) is 20.4. The Morgan fingerprint density at radius 3 is 2.77 bits per heavy atom. The first-order valence-electron chi connectivity index (χ1n) is 8.75. The van der Waals surface area contributed by atoms with Crippen LogP contribution in [-0.2, 0) is 18.9 Å². The molecule has 0 atom stereocenters. The second-order valence-electron chi connectivity index (χ2n) is 5.91. The lowest BCUT2D eigenvalue weighted by Crippen LogP contribution is -2.08. The molecule has 0 radical (unpaired) electrons. The number of nitrogens with zero attached hydrogens (tertiary/aromatic N) is 5. The molecule has 0 bridgehead atoms. The second-order valence-corrected chi connectivity index (χ2v) is 7.63. The van der Waals surface area contributed by atoms with Gasteiger partial charge in [-0.05, 0) is 40.2 Å². The van der Waals surface area contributed by atoms with E-state index in [9.17, 15) is 4.39 Å². The molecule has 0 aliphatic carbocycles. The zero-order chi connectivity index (χ0) is 20.9. The Morgan fingerprint density at radius 1 is 1.13 bits per heavy atom. The predicted octanol–water partition coefficient (Wildman–Crippen LogP) is 4.88. The van der Waals surface area contributed by atoms with Crippen molar-refractivity contribution in [1.82, 2.24) is 25.0 Å². The van der Waals surface area contributed by atoms with E-state index in [4.69, 9.17) is 13.6 Å². The van der Waals surface area contributed by atoms with Crippen LogP contribution in [0.1, 0.15) is 11.7 Å². The van der Waals surface area contributed by atoms with Crippen LogP contribution in [0, 0.1) is 5.82 Å². The van der Waals surface area contributed by atoms with Gasteiger partial charge in [0.05, 0.1) is 5.75 Å². The van der Waals surface area contributed by atoms with Crippen molar-refractivity contribution >= 4 is 27.7 Å². The van der Waals surface area contributed by atoms with Crippen molar-refractivity contribution in [2.75, 3.05) is 0 Å². The minimum Gasteiger partial charge on any atom is -0.483 e. The molecule has 30 heavy (non-hydrogen) atoms. The van der Waals surface area contributed by atoms with Gasteiger partial charge in [0, 0.05) is 6.54 Å². The van der Waals surface area contributed by atoms with Crippen molar-refractivity contribution in [1.29, 1.82) is 0 Å². The molecule has 0 fully saturated rings. The Balaban J connectivity index is 1.43. The van der Waals surface area contributed by atoms with E-state index in [2.05, 4.69) is 42.9 Å². The molecular weight excluding hydrogens is 477 g/mol. The average molecular weight is 492 g/mol. The van der Waals surface area contributed by atoms with Gasteiger partial charge in [-0.15, -0.1) is 27.0 Å². The van der Waals surface area contributed by atoms with E-state index in [1.807, 2.05) is 4.57 Å². The Hall–Kier alpha value is -2.92. The van der Waals surface area contributed by atoms with Gasteiger partial charge in [-0.25, -0.2) is 4.39 Å². The molecular formula is C19H15BrFN5O3S. The normalized spacial score (nSPS) is 11.0. The number of hydrogen-bond acceptors (Lipinski definition) is 8. The van der Waals surface area contributed by atoms with Crippen LogP contribution in [0.2, 0.25) is 0 Å². The number of furan rings is 1. The van der Waals surface area contributed by atoms with Gasteiger partial charge in [0.2, 0.25) is 5.89 Å². The summed E-state index contributed by atoms with van der Waals surface area (Å²) in [5.41, 5.74) is 0. The van der Waals surface area contributed by atoms with Gasteiger partial charge in [0.25, 0.3) is 5.89 Å². The first-order chi connectivity index (χ1) is 14.6. The lowest BCUT2D eigenvalue weighted by Gasteiger charge is -2.09. The molecule has 8 nitrogen and oxygen atoms in total. The minimum atomic E-state index is -0.433. The van der Waals surface area contributed by atoms with Crippen molar-refractivity contribution in [3.63, 3.8) is 0 Å². The summed E-state index contributed by atoms with van der Waals surface area (Å²) >= 11 is 4.61. The Kier molecular flexibility index (Phi) is 6.29. The van der Waals surface area contributed by atoms with Crippen molar-refractivity contribution in [3.8, 4) is 17.4 Å². The van der Waals surface area contributed by atoms with Crippen LogP contribution < -0.4 is 4.74 Å². The number of thioether (sulfide) groups is 1. The van der Waals surface area contributed by atoms with Crippen LogP contribution in [0.25, 0.3) is 11.7 Å². The van der Waals surface area contributed by atoms with Crippen LogP contribution in [0.3, 0.4) is 0 Å². The third-order valence-electron chi connectivity index (χ3n) is 3.87. The maximum absolute atomic E-state index is 13.8. The Bertz CT molecular complexity index is 1160. The summed E-state index contributed by atoms with van der Waals surface area (Å²) in [4.78, 5) is 0. The van der Waals surface area contributed by atoms with Gasteiger partial charge < -0.3 is 13.6 Å². The molecule has 0 N–H and O–H groups in total. The number of aromatic nitrogens is 5. The molecule has 3 aromatic heterocycles. The van der Waals surface area contributed by atoms with Crippen LogP contribution in [0.5, 0.6) is 5.75 Å². The fourth-order valence-electron chi connectivity index (χ4n) is 2.52. The summed E-state index contributed by atoms with van der Waals surface area (Å²) < 4.78 is 32.7. The molecule has 1 aromatic carbocycles. The quantitative estimate of drug-likeness (QED) is 0.241. The van der Waals surface area contributed by atoms with Crippen molar-refractivity contribution < 1.29 is 18.0 Å². The van der Waals surface area contributed by atoms with Gasteiger partial charge in [-0.1, -0.05) is 30.0 Å². The summed E-state index contributed by atoms with van der Waals surface area (Å²) in [7, 11) is 0. The fraction of sp³-hybridized carbons (Fsp3) is 0.158. The Labute approximate surface area is 183 Å². The van der Waals surface area contributed by atoms with Gasteiger partial charge in [-0.2, -0.15) is 0 Å². The maximum Gasteiger partial charge on any atom is 0.283 e. The molecule has 11 heteroatoms. The van der Waals surface area contributed by atoms with Crippen molar-refractivity contribution in [3.05, 3.63) is 71.3 Å². The Morgan fingerprint density at radius 2 is 2.00 bits per heavy atom. The minimum absolute atomic E-state index is 0.0699. The zero-order valence-electron chi connectivity index (χ0n) is 15.5. The monoisotopic (exact) mass is 491 g/mol. The molecule has 0 saturated heterocycles. The highest BCUT2D eigenvalue weighted by Crippen LogP contribution is 2.27. The van der Waals surface area contributed by atoms with Crippen LogP contribution >= 0.6 is 27.7 Å². The average Bonchev–Trinajstić information content (AvgIpc) is 3.47. The number of benzene rings is 1. The molecule has 0 spiro atoms. The van der Waals surface area contributed by atoms with E-state index >= 15 is 0 Å². The molecule has 0 saturated carbocycles. The largest absolute Gasteiger partial charge is 0.483 e. The number of allylic oxidation sites excluding steroid dienone is 1. The van der Waals surface area contributed by atoms with E-state index < -0.39 is 5.82 Å². The molecule has 0 aliphatic heterocycles. The van der Waals surface area contributed by atoms with Crippen molar-refractivity contribution in [2.24, 2.45) is 0 Å². The lowest BCUT2D eigenvalue weighted by atomic mass is 10.3. The van der Waals surface area contributed by atoms with E-state index in [1.165, 1.54) is 17.8 Å². The van der Waals surface area contributed by atoms with Gasteiger partial charge in [0.15, 0.2) is 33.0 Å². The molecule has 4 rings (SSSR count). The topological polar surface area (TPSA) is 92.0 Å². The SMILES string of the molecule is C=CCn1c(COc2ccccc2F)nnc1SCc1nnc(-c2ccc(Br)o2)o1. The number of hydrogen-bond donors (Lipinski definition) is 0. The smallest absolute Gasteiger partial charge is 0.283 e. The highest BCUT2D eigenvalue weighted by atomic mass is 79.9. The summed E-state index contributed by atoms with van der Waals surface area (Å²) in [6, 6.07) is 9.68. The fourth-order valence-corrected chi connectivity index (χ4v) is 3.63. The van der Waals surface area contributed by atoms with E-state index in [-0.39, 0.29) is 12.4 Å². The van der Waals surface area contributed by atoms with Crippen LogP contribution in [-0.4, -0.2) is 25.0 Å². The number of ether oxygens (including phenoxy) is 1. The van der Waals surface area contributed by atoms with E-state index in [0.29, 0.717) is 45.5 Å². The molecule has 0 unspecified atom stereocenters. The lowest BCUT2D eigenvalue weighted by molar-refractivity contribution is 0.275. The third-order valence-corrected chi connectivity index (χ3v) is 5.25. The summed E-state index contributed by atoms with van der Waals surface area (Å²) in [6.45, 7) is 4.31. The first-order valence-corrected chi connectivity index (χ1v) is 10.5.